The number of hydrogen-bond acceptors (Lipinski definition) is 2. The Morgan fingerprint density at radius 3 is 2.68 bits per heavy atom. The van der Waals surface area contributed by atoms with Crippen molar-refractivity contribution < 1.29 is 9.90 Å². The lowest BCUT2D eigenvalue weighted by molar-refractivity contribution is -0.150. The Kier molecular flexibility index (Phi) is 3.07. The van der Waals surface area contributed by atoms with Crippen molar-refractivity contribution in [2.24, 2.45) is 34.5 Å². The molecule has 5 rings (SSSR count). The Bertz CT molecular complexity index is 777. The average molecular weight is 359 g/mol. The van der Waals surface area contributed by atoms with Crippen molar-refractivity contribution in [1.29, 1.82) is 0 Å². The van der Waals surface area contributed by atoms with Gasteiger partial charge >= 0.3 is 0 Å². The zero-order chi connectivity index (χ0) is 17.8. The number of Topliss-reactive ketones (excluding diaryl/α,β-unsaturated/α-hetero) is 1. The van der Waals surface area contributed by atoms with E-state index in [1.165, 1.54) is 17.6 Å². The van der Waals surface area contributed by atoms with Gasteiger partial charge in [-0.2, -0.15) is 0 Å². The molecule has 134 valence electrons. The fourth-order valence-corrected chi connectivity index (χ4v) is 7.56. The molecule has 7 atom stereocenters. The minimum absolute atomic E-state index is 0.0660. The molecule has 25 heavy (non-hydrogen) atoms. The van der Waals surface area contributed by atoms with Crippen molar-refractivity contribution >= 4 is 17.4 Å². The van der Waals surface area contributed by atoms with Crippen molar-refractivity contribution in [2.75, 3.05) is 0 Å². The molecule has 0 radical (unpaired) electrons. The van der Waals surface area contributed by atoms with Gasteiger partial charge in [-0.15, -0.1) is 0 Å². The first-order valence-electron chi connectivity index (χ1n) is 9.77. The number of rotatable bonds is 1. The van der Waals surface area contributed by atoms with E-state index in [1.54, 1.807) is 6.92 Å². The first-order chi connectivity index (χ1) is 11.7. The molecule has 0 bridgehead atoms. The first kappa shape index (κ1) is 16.3. The summed E-state index contributed by atoms with van der Waals surface area (Å²) in [6, 6.07) is 0. The quantitative estimate of drug-likeness (QED) is 0.732. The molecule has 0 saturated heterocycles. The highest BCUT2D eigenvalue weighted by atomic mass is 35.5. The number of aliphatic hydroxyl groups is 1. The largest absolute Gasteiger partial charge is 0.381 e. The van der Waals surface area contributed by atoms with Gasteiger partial charge in [-0.1, -0.05) is 43.2 Å². The standard InChI is InChI=1S/C22H27ClO2/c1-12(24)22(25)9-7-15-14-11-19(23)17-5-4-13-10-18(13)21(17,3)16(14)6-8-20(15,22)2/h4-5,11,13,15-16,18,25H,6-10H2,1-3H3/t13-,15+,16+,18+,20+,21-,22+/m1/s1. The maximum atomic E-state index is 12.3. The molecule has 1 N–H and O–H groups in total. The average Bonchev–Trinajstić information content (AvgIpc) is 3.29. The zero-order valence-electron chi connectivity index (χ0n) is 15.3. The molecule has 0 aromatic carbocycles. The molecule has 3 saturated carbocycles. The van der Waals surface area contributed by atoms with Gasteiger partial charge in [0, 0.05) is 15.9 Å². The first-order valence-corrected chi connectivity index (χ1v) is 10.1. The van der Waals surface area contributed by atoms with Gasteiger partial charge in [-0.3, -0.25) is 4.79 Å². The molecule has 5 aliphatic rings. The van der Waals surface area contributed by atoms with Crippen LogP contribution in [0.4, 0.5) is 0 Å². The molecule has 0 unspecified atom stereocenters. The minimum atomic E-state index is -1.17. The van der Waals surface area contributed by atoms with Gasteiger partial charge in [0.2, 0.25) is 0 Å². The van der Waals surface area contributed by atoms with E-state index in [1.807, 2.05) is 0 Å². The summed E-state index contributed by atoms with van der Waals surface area (Å²) in [5.74, 6) is 2.16. The molecular weight excluding hydrogens is 332 g/mol. The summed E-state index contributed by atoms with van der Waals surface area (Å²) in [6.45, 7) is 6.12. The van der Waals surface area contributed by atoms with Crippen molar-refractivity contribution in [3.8, 4) is 0 Å². The van der Waals surface area contributed by atoms with Crippen molar-refractivity contribution in [3.63, 3.8) is 0 Å². The van der Waals surface area contributed by atoms with Crippen LogP contribution >= 0.6 is 11.6 Å². The summed E-state index contributed by atoms with van der Waals surface area (Å²) in [4.78, 5) is 12.3. The van der Waals surface area contributed by atoms with Crippen LogP contribution in [0, 0.1) is 34.5 Å². The second-order valence-electron chi connectivity index (χ2n) is 9.57. The summed E-state index contributed by atoms with van der Waals surface area (Å²) in [5, 5.41) is 12.1. The molecule has 2 nitrogen and oxygen atoms in total. The highest BCUT2D eigenvalue weighted by molar-refractivity contribution is 6.32. The summed E-state index contributed by atoms with van der Waals surface area (Å²) < 4.78 is 0. The van der Waals surface area contributed by atoms with Crippen LogP contribution in [0.3, 0.4) is 0 Å². The summed E-state index contributed by atoms with van der Waals surface area (Å²) in [5.41, 5.74) is 1.36. The third kappa shape index (κ3) is 1.74. The molecule has 5 aliphatic carbocycles. The van der Waals surface area contributed by atoms with Crippen molar-refractivity contribution in [1.82, 2.24) is 0 Å². The maximum absolute atomic E-state index is 12.3. The zero-order valence-corrected chi connectivity index (χ0v) is 16.1. The third-order valence-electron chi connectivity index (χ3n) is 8.82. The van der Waals surface area contributed by atoms with E-state index in [4.69, 9.17) is 11.6 Å². The number of allylic oxidation sites excluding steroid dienone is 6. The number of hydrogen-bond donors (Lipinski definition) is 1. The van der Waals surface area contributed by atoms with Crippen LogP contribution in [0.25, 0.3) is 0 Å². The molecule has 0 aromatic heterocycles. The number of carbonyl (C=O) groups excluding carboxylic acids is 1. The summed E-state index contributed by atoms with van der Waals surface area (Å²) in [7, 11) is 0. The number of carbonyl (C=O) groups is 1. The van der Waals surface area contributed by atoms with Crippen LogP contribution < -0.4 is 0 Å². The normalized spacial score (nSPS) is 52.8. The Labute approximate surface area is 155 Å². The van der Waals surface area contributed by atoms with Crippen LogP contribution in [0.15, 0.2) is 34.4 Å². The fraction of sp³-hybridized carbons (Fsp3) is 0.682. The molecule has 0 amide bonds. The molecule has 3 fully saturated rings. The lowest BCUT2D eigenvalue weighted by atomic mass is 9.50. The SMILES string of the molecule is CC(=O)[C@@]1(O)CC[C@H]2C3=CC(Cl)=C4C=C[C@@H]5C[C@@H]5[C@]4(C)[C@H]3CC[C@@]21C. The fourth-order valence-electron chi connectivity index (χ4n) is 7.16. The van der Waals surface area contributed by atoms with Gasteiger partial charge < -0.3 is 5.11 Å². The van der Waals surface area contributed by atoms with Gasteiger partial charge in [0.25, 0.3) is 0 Å². The second-order valence-corrected chi connectivity index (χ2v) is 9.98. The van der Waals surface area contributed by atoms with E-state index in [0.29, 0.717) is 18.3 Å². The number of ketones is 1. The molecule has 0 aliphatic heterocycles. The number of fused-ring (bicyclic) bond motifs is 7. The Morgan fingerprint density at radius 2 is 1.96 bits per heavy atom. The van der Waals surface area contributed by atoms with Crippen molar-refractivity contribution in [3.05, 3.63) is 34.4 Å². The smallest absolute Gasteiger partial charge is 0.161 e. The van der Waals surface area contributed by atoms with Crippen LogP contribution in [-0.2, 0) is 4.79 Å². The molecule has 0 heterocycles. The topological polar surface area (TPSA) is 37.3 Å². The maximum Gasteiger partial charge on any atom is 0.161 e. The van der Waals surface area contributed by atoms with Gasteiger partial charge in [0.05, 0.1) is 0 Å². The van der Waals surface area contributed by atoms with E-state index >= 15 is 0 Å². The lowest BCUT2D eigenvalue weighted by Gasteiger charge is -2.55. The predicted molar refractivity (Wildman–Crippen MR) is 99.0 cm³/mol. The Balaban J connectivity index is 1.64. The lowest BCUT2D eigenvalue weighted by Crippen LogP contribution is -2.54. The van der Waals surface area contributed by atoms with Gasteiger partial charge in [0.1, 0.15) is 5.60 Å². The second kappa shape index (κ2) is 4.70. The monoisotopic (exact) mass is 358 g/mol. The molecule has 3 heteroatoms. The highest BCUT2D eigenvalue weighted by Gasteiger charge is 2.66. The van der Waals surface area contributed by atoms with E-state index in [0.717, 1.165) is 30.2 Å². The van der Waals surface area contributed by atoms with E-state index < -0.39 is 5.60 Å². The van der Waals surface area contributed by atoms with Crippen LogP contribution in [0.1, 0.15) is 52.9 Å². The van der Waals surface area contributed by atoms with Crippen LogP contribution in [-0.4, -0.2) is 16.5 Å². The van der Waals surface area contributed by atoms with Gasteiger partial charge in [0.15, 0.2) is 5.78 Å². The van der Waals surface area contributed by atoms with Gasteiger partial charge in [-0.05, 0) is 74.3 Å². The summed E-state index contributed by atoms with van der Waals surface area (Å²) >= 11 is 6.78. The Morgan fingerprint density at radius 1 is 1.24 bits per heavy atom. The molecular formula is C22H27ClO2. The van der Waals surface area contributed by atoms with Gasteiger partial charge in [-0.25, -0.2) is 0 Å². The third-order valence-corrected chi connectivity index (χ3v) is 9.14. The minimum Gasteiger partial charge on any atom is -0.381 e. The predicted octanol–water partition coefficient (Wildman–Crippen LogP) is 4.78. The highest BCUT2D eigenvalue weighted by Crippen LogP contribution is 2.71. The molecule has 0 spiro atoms. The van der Waals surface area contributed by atoms with Crippen LogP contribution in [0.5, 0.6) is 0 Å². The number of halogens is 1. The van der Waals surface area contributed by atoms with E-state index in [-0.39, 0.29) is 22.5 Å². The summed E-state index contributed by atoms with van der Waals surface area (Å²) in [6.07, 6.45) is 11.6. The molecule has 0 aromatic rings. The van der Waals surface area contributed by atoms with E-state index in [2.05, 4.69) is 32.1 Å². The van der Waals surface area contributed by atoms with Crippen LogP contribution in [0.2, 0.25) is 0 Å². The Hall–Kier alpha value is -0.860. The van der Waals surface area contributed by atoms with E-state index in [9.17, 15) is 9.90 Å². The van der Waals surface area contributed by atoms with Crippen molar-refractivity contribution in [2.45, 2.75) is 58.5 Å².